The summed E-state index contributed by atoms with van der Waals surface area (Å²) >= 11 is 0. The van der Waals surface area contributed by atoms with Crippen LogP contribution in [-0.2, 0) is 13.5 Å². The molecule has 1 heterocycles. The number of rotatable bonds is 5. The van der Waals surface area contributed by atoms with Crippen molar-refractivity contribution in [1.82, 2.24) is 15.1 Å². The van der Waals surface area contributed by atoms with Crippen LogP contribution in [0.3, 0.4) is 0 Å². The second-order valence-electron chi connectivity index (χ2n) is 4.79. The fourth-order valence-corrected chi connectivity index (χ4v) is 2.40. The molecule has 3 nitrogen and oxygen atoms in total. The second-order valence-corrected chi connectivity index (χ2v) is 4.79. The first kappa shape index (κ1) is 13.7. The summed E-state index contributed by atoms with van der Waals surface area (Å²) < 4.78 is 15.1. The van der Waals surface area contributed by atoms with E-state index in [0.717, 1.165) is 24.2 Å². The van der Waals surface area contributed by atoms with E-state index in [1.54, 1.807) is 12.1 Å². The summed E-state index contributed by atoms with van der Waals surface area (Å²) in [5.74, 6) is -0.185. The Hall–Kier alpha value is -1.68. The minimum absolute atomic E-state index is 0.167. The van der Waals surface area contributed by atoms with Crippen LogP contribution in [0, 0.1) is 12.7 Å². The number of hydrogen-bond donors (Lipinski definition) is 1. The lowest BCUT2D eigenvalue weighted by Crippen LogP contribution is -2.23. The molecule has 0 aliphatic rings. The quantitative estimate of drug-likeness (QED) is 0.897. The molecule has 102 valence electrons. The Morgan fingerprint density at radius 3 is 2.79 bits per heavy atom. The van der Waals surface area contributed by atoms with Gasteiger partial charge in [-0.1, -0.05) is 19.1 Å². The smallest absolute Gasteiger partial charge is 0.123 e. The number of halogens is 1. The van der Waals surface area contributed by atoms with Gasteiger partial charge in [-0.2, -0.15) is 5.10 Å². The van der Waals surface area contributed by atoms with Crippen molar-refractivity contribution in [3.8, 4) is 0 Å². The molecule has 1 aromatic heterocycles. The number of hydrogen-bond acceptors (Lipinski definition) is 2. The summed E-state index contributed by atoms with van der Waals surface area (Å²) in [6, 6.07) is 6.94. The maximum absolute atomic E-state index is 13.3. The van der Waals surface area contributed by atoms with Crippen molar-refractivity contribution in [2.45, 2.75) is 26.3 Å². The van der Waals surface area contributed by atoms with Gasteiger partial charge in [-0.05, 0) is 37.6 Å². The molecule has 0 amide bonds. The Morgan fingerprint density at radius 1 is 1.42 bits per heavy atom. The molecule has 4 heteroatoms. The fraction of sp³-hybridized carbons (Fsp3) is 0.400. The van der Waals surface area contributed by atoms with E-state index >= 15 is 0 Å². The average Bonchev–Trinajstić information content (AvgIpc) is 2.68. The van der Waals surface area contributed by atoms with Gasteiger partial charge in [-0.15, -0.1) is 0 Å². The average molecular weight is 261 g/mol. The lowest BCUT2D eigenvalue weighted by molar-refractivity contribution is 0.544. The van der Waals surface area contributed by atoms with Gasteiger partial charge in [-0.3, -0.25) is 4.68 Å². The Balaban J connectivity index is 2.23. The molecule has 0 saturated carbocycles. The molecular weight excluding hydrogens is 241 g/mol. The van der Waals surface area contributed by atoms with Gasteiger partial charge in [0, 0.05) is 24.8 Å². The molecule has 1 unspecified atom stereocenters. The highest BCUT2D eigenvalue weighted by Gasteiger charge is 2.16. The van der Waals surface area contributed by atoms with Crippen LogP contribution in [0.15, 0.2) is 30.5 Å². The number of aryl methyl sites for hydroxylation is 2. The Kier molecular flexibility index (Phi) is 4.32. The Labute approximate surface area is 113 Å². The van der Waals surface area contributed by atoms with Crippen LogP contribution in [0.25, 0.3) is 0 Å². The summed E-state index contributed by atoms with van der Waals surface area (Å²) in [4.78, 5) is 0. The van der Waals surface area contributed by atoms with E-state index in [4.69, 9.17) is 0 Å². The summed E-state index contributed by atoms with van der Waals surface area (Å²) in [6.07, 6.45) is 2.79. The van der Waals surface area contributed by atoms with Crippen LogP contribution >= 0.6 is 0 Å². The molecule has 0 saturated heterocycles. The number of likely N-dealkylation sites (N-methyl/N-ethyl adjacent to an activating group) is 1. The summed E-state index contributed by atoms with van der Waals surface area (Å²) in [5, 5.41) is 7.82. The normalized spacial score (nSPS) is 12.6. The maximum atomic E-state index is 13.3. The lowest BCUT2D eigenvalue weighted by atomic mass is 9.99. The zero-order valence-electron chi connectivity index (χ0n) is 11.7. The predicted octanol–water partition coefficient (Wildman–Crippen LogP) is 2.76. The van der Waals surface area contributed by atoms with Gasteiger partial charge in [0.25, 0.3) is 0 Å². The highest BCUT2D eigenvalue weighted by atomic mass is 19.1. The van der Waals surface area contributed by atoms with E-state index in [1.165, 1.54) is 11.6 Å². The largest absolute Gasteiger partial charge is 0.310 e. The highest BCUT2D eigenvalue weighted by molar-refractivity contribution is 5.25. The molecular formula is C15H20FN3. The summed E-state index contributed by atoms with van der Waals surface area (Å²) in [6.45, 7) is 4.95. The molecule has 0 bridgehead atoms. The highest BCUT2D eigenvalue weighted by Crippen LogP contribution is 2.21. The third-order valence-corrected chi connectivity index (χ3v) is 3.21. The molecule has 1 atom stereocenters. The first-order valence-corrected chi connectivity index (χ1v) is 6.58. The Bertz CT molecular complexity index is 548. The van der Waals surface area contributed by atoms with Crippen LogP contribution < -0.4 is 5.32 Å². The number of aromatic nitrogens is 2. The lowest BCUT2D eigenvalue weighted by Gasteiger charge is -2.17. The van der Waals surface area contributed by atoms with Gasteiger partial charge in [0.2, 0.25) is 0 Å². The van der Waals surface area contributed by atoms with Gasteiger partial charge in [0.05, 0.1) is 5.69 Å². The minimum atomic E-state index is -0.185. The second kappa shape index (κ2) is 5.97. The summed E-state index contributed by atoms with van der Waals surface area (Å²) in [5.41, 5.74) is 3.19. The van der Waals surface area contributed by atoms with Gasteiger partial charge >= 0.3 is 0 Å². The van der Waals surface area contributed by atoms with E-state index in [1.807, 2.05) is 30.9 Å². The van der Waals surface area contributed by atoms with Gasteiger partial charge < -0.3 is 5.32 Å². The minimum Gasteiger partial charge on any atom is -0.310 e. The van der Waals surface area contributed by atoms with Crippen LogP contribution in [0.2, 0.25) is 0 Å². The van der Waals surface area contributed by atoms with Crippen molar-refractivity contribution < 1.29 is 4.39 Å². The SMILES string of the molecule is CCNC(Cc1cccc(F)c1)c1cn(C)nc1C. The number of nitrogens with zero attached hydrogens (tertiary/aromatic N) is 2. The van der Waals surface area contributed by atoms with Crippen molar-refractivity contribution >= 4 is 0 Å². The molecule has 0 fully saturated rings. The zero-order chi connectivity index (χ0) is 13.8. The molecule has 2 rings (SSSR count). The molecule has 1 N–H and O–H groups in total. The molecule has 0 aliphatic heterocycles. The maximum Gasteiger partial charge on any atom is 0.123 e. The van der Waals surface area contributed by atoms with Crippen molar-refractivity contribution in [3.63, 3.8) is 0 Å². The first-order valence-electron chi connectivity index (χ1n) is 6.58. The molecule has 0 radical (unpaired) electrons. The van der Waals surface area contributed by atoms with Gasteiger partial charge in [0.15, 0.2) is 0 Å². The van der Waals surface area contributed by atoms with Crippen LogP contribution in [0.4, 0.5) is 4.39 Å². The van der Waals surface area contributed by atoms with Crippen molar-refractivity contribution in [1.29, 1.82) is 0 Å². The van der Waals surface area contributed by atoms with E-state index in [0.29, 0.717) is 0 Å². The predicted molar refractivity (Wildman–Crippen MR) is 74.5 cm³/mol. The van der Waals surface area contributed by atoms with Gasteiger partial charge in [0.1, 0.15) is 5.82 Å². The zero-order valence-corrected chi connectivity index (χ0v) is 11.7. The van der Waals surface area contributed by atoms with Crippen LogP contribution in [0.1, 0.15) is 29.8 Å². The summed E-state index contributed by atoms with van der Waals surface area (Å²) in [7, 11) is 1.92. The molecule has 19 heavy (non-hydrogen) atoms. The first-order chi connectivity index (χ1) is 9.10. The van der Waals surface area contributed by atoms with Crippen molar-refractivity contribution in [2.75, 3.05) is 6.54 Å². The molecule has 0 spiro atoms. The van der Waals surface area contributed by atoms with E-state index in [2.05, 4.69) is 17.3 Å². The standard InChI is InChI=1S/C15H20FN3/c1-4-17-15(14-10-19(3)18-11(14)2)9-12-6-5-7-13(16)8-12/h5-8,10,15,17H,4,9H2,1-3H3. The van der Waals surface area contributed by atoms with Gasteiger partial charge in [-0.25, -0.2) is 4.39 Å². The topological polar surface area (TPSA) is 29.9 Å². The monoisotopic (exact) mass is 261 g/mol. The van der Waals surface area contributed by atoms with E-state index in [9.17, 15) is 4.39 Å². The van der Waals surface area contributed by atoms with Crippen LogP contribution in [-0.4, -0.2) is 16.3 Å². The Morgan fingerprint density at radius 2 is 2.21 bits per heavy atom. The number of nitrogens with one attached hydrogen (secondary N) is 1. The van der Waals surface area contributed by atoms with E-state index in [-0.39, 0.29) is 11.9 Å². The number of benzene rings is 1. The molecule has 1 aromatic carbocycles. The fourth-order valence-electron chi connectivity index (χ4n) is 2.40. The molecule has 2 aromatic rings. The third-order valence-electron chi connectivity index (χ3n) is 3.21. The van der Waals surface area contributed by atoms with Crippen molar-refractivity contribution in [2.24, 2.45) is 7.05 Å². The van der Waals surface area contributed by atoms with Crippen molar-refractivity contribution in [3.05, 3.63) is 53.1 Å². The van der Waals surface area contributed by atoms with E-state index < -0.39 is 0 Å². The third kappa shape index (κ3) is 3.41. The van der Waals surface area contributed by atoms with Crippen LogP contribution in [0.5, 0.6) is 0 Å². The molecule has 0 aliphatic carbocycles.